The summed E-state index contributed by atoms with van der Waals surface area (Å²) < 4.78 is 0. The van der Waals surface area contributed by atoms with Gasteiger partial charge in [0, 0.05) is 38.2 Å². The minimum Gasteiger partial charge on any atom is -0.481 e. The van der Waals surface area contributed by atoms with E-state index in [-0.39, 0.29) is 18.6 Å². The van der Waals surface area contributed by atoms with E-state index in [0.29, 0.717) is 32.1 Å². The second-order valence-electron chi connectivity index (χ2n) is 5.93. The smallest absolute Gasteiger partial charge is 0.320 e. The summed E-state index contributed by atoms with van der Waals surface area (Å²) in [6.45, 7) is 3.46. The minimum atomic E-state index is -0.793. The minimum absolute atomic E-state index is 0.0111. The lowest BCUT2D eigenvalue weighted by Gasteiger charge is -2.46. The van der Waals surface area contributed by atoms with Crippen LogP contribution in [0.1, 0.15) is 32.6 Å². The van der Waals surface area contributed by atoms with E-state index in [2.05, 4.69) is 0 Å². The van der Waals surface area contributed by atoms with Gasteiger partial charge in [-0.3, -0.25) is 4.79 Å². The summed E-state index contributed by atoms with van der Waals surface area (Å²) in [5, 5.41) is 17.9. The molecule has 0 aromatic heterocycles. The molecule has 2 N–H and O–H groups in total. The molecule has 6 nitrogen and oxygen atoms in total. The Morgan fingerprint density at radius 2 is 2.00 bits per heavy atom. The largest absolute Gasteiger partial charge is 0.481 e. The van der Waals surface area contributed by atoms with Crippen molar-refractivity contribution in [3.8, 4) is 0 Å². The van der Waals surface area contributed by atoms with Gasteiger partial charge in [-0.1, -0.05) is 6.92 Å². The number of carboxylic acids is 1. The number of urea groups is 1. The van der Waals surface area contributed by atoms with Crippen molar-refractivity contribution in [3.63, 3.8) is 0 Å². The third kappa shape index (κ3) is 3.06. The van der Waals surface area contributed by atoms with Crippen molar-refractivity contribution in [1.82, 2.24) is 9.80 Å². The first kappa shape index (κ1) is 15.1. The number of aliphatic hydroxyl groups excluding tert-OH is 1. The molecule has 2 amide bonds. The Bertz CT molecular complexity index is 364. The number of nitrogens with zero attached hydrogens (tertiary/aromatic N) is 2. The Hall–Kier alpha value is -1.30. The highest BCUT2D eigenvalue weighted by Crippen LogP contribution is 2.29. The molecule has 2 aliphatic rings. The monoisotopic (exact) mass is 284 g/mol. The van der Waals surface area contributed by atoms with E-state index in [4.69, 9.17) is 10.2 Å². The van der Waals surface area contributed by atoms with E-state index in [9.17, 15) is 9.59 Å². The van der Waals surface area contributed by atoms with Crippen LogP contribution in [0.3, 0.4) is 0 Å². The number of carboxylic acid groups (broad SMARTS) is 1. The molecular formula is C14H24N2O4. The van der Waals surface area contributed by atoms with Crippen LogP contribution in [0.15, 0.2) is 0 Å². The predicted octanol–water partition coefficient (Wildman–Crippen LogP) is 0.996. The molecule has 0 bridgehead atoms. The van der Waals surface area contributed by atoms with Gasteiger partial charge in [0.25, 0.3) is 0 Å². The van der Waals surface area contributed by atoms with Gasteiger partial charge in [-0.2, -0.15) is 0 Å². The molecule has 0 radical (unpaired) electrons. The number of carbonyl (C=O) groups is 2. The van der Waals surface area contributed by atoms with E-state index in [0.717, 1.165) is 19.3 Å². The molecule has 2 rings (SSSR count). The first-order chi connectivity index (χ1) is 9.54. The number of carbonyl (C=O) groups excluding carboxylic acids is 1. The highest BCUT2D eigenvalue weighted by molar-refractivity contribution is 5.77. The van der Waals surface area contributed by atoms with Gasteiger partial charge in [0.2, 0.25) is 0 Å². The van der Waals surface area contributed by atoms with Crippen molar-refractivity contribution in [2.75, 3.05) is 26.2 Å². The predicted molar refractivity (Wildman–Crippen MR) is 73.3 cm³/mol. The highest BCUT2D eigenvalue weighted by atomic mass is 16.4. The summed E-state index contributed by atoms with van der Waals surface area (Å²) in [6, 6.07) is 0.321. The van der Waals surface area contributed by atoms with Crippen LogP contribution in [0, 0.1) is 11.8 Å². The van der Waals surface area contributed by atoms with E-state index in [1.807, 2.05) is 4.90 Å². The van der Waals surface area contributed by atoms with Gasteiger partial charge < -0.3 is 20.0 Å². The van der Waals surface area contributed by atoms with Crippen LogP contribution in [-0.4, -0.2) is 64.3 Å². The number of amides is 2. The molecule has 1 atom stereocenters. The zero-order valence-corrected chi connectivity index (χ0v) is 12.0. The maximum Gasteiger partial charge on any atom is 0.320 e. The molecule has 0 aromatic carbocycles. The number of hydrogen-bond donors (Lipinski definition) is 2. The average Bonchev–Trinajstić information content (AvgIpc) is 2.29. The third-order valence-electron chi connectivity index (χ3n) is 4.60. The van der Waals surface area contributed by atoms with E-state index in [1.165, 1.54) is 0 Å². The van der Waals surface area contributed by atoms with Crippen molar-refractivity contribution >= 4 is 12.0 Å². The normalized spacial score (nSPS) is 21.0. The number of aliphatic carboxylic acids is 1. The van der Waals surface area contributed by atoms with Gasteiger partial charge in [0.1, 0.15) is 0 Å². The molecular weight excluding hydrogens is 260 g/mol. The van der Waals surface area contributed by atoms with Gasteiger partial charge in [-0.15, -0.1) is 0 Å². The van der Waals surface area contributed by atoms with Crippen LogP contribution in [0.5, 0.6) is 0 Å². The van der Waals surface area contributed by atoms with Gasteiger partial charge in [-0.25, -0.2) is 4.79 Å². The number of aliphatic hydroxyl groups is 1. The SMILES string of the molecule is CC(C(=O)O)C1CN(C(=O)N(CCCO)C2CCC2)C1. The molecule has 1 saturated heterocycles. The van der Waals surface area contributed by atoms with Crippen molar-refractivity contribution in [3.05, 3.63) is 0 Å². The van der Waals surface area contributed by atoms with Crippen molar-refractivity contribution in [1.29, 1.82) is 0 Å². The Balaban J connectivity index is 1.85. The molecule has 0 aromatic rings. The van der Waals surface area contributed by atoms with Crippen LogP contribution in [0.25, 0.3) is 0 Å². The van der Waals surface area contributed by atoms with Gasteiger partial charge in [0.05, 0.1) is 5.92 Å². The summed E-state index contributed by atoms with van der Waals surface area (Å²) >= 11 is 0. The molecule has 6 heteroatoms. The molecule has 20 heavy (non-hydrogen) atoms. The van der Waals surface area contributed by atoms with Crippen LogP contribution in [-0.2, 0) is 4.79 Å². The number of hydrogen-bond acceptors (Lipinski definition) is 3. The fourth-order valence-electron chi connectivity index (χ4n) is 2.74. The molecule has 0 spiro atoms. The summed E-state index contributed by atoms with van der Waals surface area (Å²) in [5.74, 6) is -1.12. The Labute approximate surface area is 119 Å². The zero-order valence-electron chi connectivity index (χ0n) is 12.0. The Morgan fingerprint density at radius 3 is 2.45 bits per heavy atom. The second-order valence-corrected chi connectivity index (χ2v) is 5.93. The number of rotatable bonds is 6. The van der Waals surface area contributed by atoms with E-state index in [1.54, 1.807) is 11.8 Å². The average molecular weight is 284 g/mol. The van der Waals surface area contributed by atoms with Gasteiger partial charge >= 0.3 is 12.0 Å². The fraction of sp³-hybridized carbons (Fsp3) is 0.857. The highest BCUT2D eigenvalue weighted by Gasteiger charge is 2.40. The lowest BCUT2D eigenvalue weighted by Crippen LogP contribution is -2.59. The topological polar surface area (TPSA) is 81.1 Å². The Morgan fingerprint density at radius 1 is 1.35 bits per heavy atom. The first-order valence-electron chi connectivity index (χ1n) is 7.43. The molecule has 1 saturated carbocycles. The summed E-state index contributed by atoms with van der Waals surface area (Å²) in [7, 11) is 0. The molecule has 1 aliphatic carbocycles. The lowest BCUT2D eigenvalue weighted by atomic mass is 9.87. The summed E-state index contributed by atoms with van der Waals surface area (Å²) in [5.41, 5.74) is 0. The second kappa shape index (κ2) is 6.43. The van der Waals surface area contributed by atoms with Crippen LogP contribution in [0.2, 0.25) is 0 Å². The first-order valence-corrected chi connectivity index (χ1v) is 7.43. The molecule has 1 heterocycles. The van der Waals surface area contributed by atoms with Crippen LogP contribution < -0.4 is 0 Å². The maximum absolute atomic E-state index is 12.4. The summed E-state index contributed by atoms with van der Waals surface area (Å²) in [6.07, 6.45) is 3.84. The van der Waals surface area contributed by atoms with E-state index < -0.39 is 11.9 Å². The Kier molecular flexibility index (Phi) is 4.86. The fourth-order valence-corrected chi connectivity index (χ4v) is 2.74. The van der Waals surface area contributed by atoms with Gasteiger partial charge in [-0.05, 0) is 25.7 Å². The number of likely N-dealkylation sites (tertiary alicyclic amines) is 1. The van der Waals surface area contributed by atoms with E-state index >= 15 is 0 Å². The van der Waals surface area contributed by atoms with Crippen LogP contribution in [0.4, 0.5) is 4.79 Å². The van der Waals surface area contributed by atoms with Crippen molar-refractivity contribution in [2.45, 2.75) is 38.6 Å². The maximum atomic E-state index is 12.4. The standard InChI is InChI=1S/C14H24N2O4/c1-10(13(18)19)11-8-15(9-11)14(20)16(6-3-7-17)12-4-2-5-12/h10-12,17H,2-9H2,1H3,(H,18,19). The zero-order chi connectivity index (χ0) is 14.7. The molecule has 2 fully saturated rings. The van der Waals surface area contributed by atoms with Gasteiger partial charge in [0.15, 0.2) is 0 Å². The summed E-state index contributed by atoms with van der Waals surface area (Å²) in [4.78, 5) is 26.9. The third-order valence-corrected chi connectivity index (χ3v) is 4.60. The molecule has 1 unspecified atom stereocenters. The van der Waals surface area contributed by atoms with Crippen molar-refractivity contribution in [2.24, 2.45) is 11.8 Å². The van der Waals surface area contributed by atoms with Crippen molar-refractivity contribution < 1.29 is 19.8 Å². The lowest BCUT2D eigenvalue weighted by molar-refractivity contribution is -0.145. The van der Waals surface area contributed by atoms with Crippen LogP contribution >= 0.6 is 0 Å². The quantitative estimate of drug-likeness (QED) is 0.762. The molecule has 1 aliphatic heterocycles. The molecule has 114 valence electrons.